The van der Waals surface area contributed by atoms with Crippen LogP contribution in [0.1, 0.15) is 58.9 Å². The van der Waals surface area contributed by atoms with E-state index in [0.29, 0.717) is 50.4 Å². The highest BCUT2D eigenvalue weighted by Gasteiger charge is 2.39. The fourth-order valence-electron chi connectivity index (χ4n) is 5.18. The minimum Gasteiger partial charge on any atom is -0.493 e. The summed E-state index contributed by atoms with van der Waals surface area (Å²) in [5.74, 6) is 1.69. The van der Waals surface area contributed by atoms with Crippen LogP contribution in [0.15, 0.2) is 24.3 Å². The number of hydrogen-bond acceptors (Lipinski definition) is 5. The van der Waals surface area contributed by atoms with Crippen molar-refractivity contribution < 1.29 is 19.1 Å². The Labute approximate surface area is 215 Å². The van der Waals surface area contributed by atoms with Crippen LogP contribution in [-0.2, 0) is 20.8 Å². The second-order valence-electron chi connectivity index (χ2n) is 11.2. The average Bonchev–Trinajstić information content (AvgIpc) is 2.83. The summed E-state index contributed by atoms with van der Waals surface area (Å²) >= 11 is 0. The summed E-state index contributed by atoms with van der Waals surface area (Å²) in [6.45, 7) is 11.8. The van der Waals surface area contributed by atoms with Gasteiger partial charge in [-0.1, -0.05) is 39.8 Å². The number of benzene rings is 1. The van der Waals surface area contributed by atoms with E-state index in [2.05, 4.69) is 33.0 Å². The summed E-state index contributed by atoms with van der Waals surface area (Å²) < 4.78 is 5.97. The third-order valence-electron chi connectivity index (χ3n) is 7.10. The first-order valence-corrected chi connectivity index (χ1v) is 13.5. The standard InChI is InChI=1S/C28H44N4O4/c1-19(2)15-24-27(34)32(14-11-30-24)25(16-20(3)4)28(35)31-12-9-22(10-13-31)18-36-23-7-5-21(6-8-23)17-26(29)33/h5-8,19-20,22,24-25,30H,9-18H2,1-4H3,(H2,29,33)/t24-,25-/m0/s1. The Morgan fingerprint density at radius 3 is 2.31 bits per heavy atom. The van der Waals surface area contributed by atoms with Crippen LogP contribution in [-0.4, -0.2) is 72.4 Å². The van der Waals surface area contributed by atoms with E-state index in [1.54, 1.807) is 0 Å². The van der Waals surface area contributed by atoms with Gasteiger partial charge in [0.25, 0.3) is 0 Å². The van der Waals surface area contributed by atoms with Crippen molar-refractivity contribution in [3.63, 3.8) is 0 Å². The lowest BCUT2D eigenvalue weighted by atomic mass is 9.94. The highest BCUT2D eigenvalue weighted by Crippen LogP contribution is 2.24. The van der Waals surface area contributed by atoms with Crippen LogP contribution in [0.25, 0.3) is 0 Å². The van der Waals surface area contributed by atoms with Gasteiger partial charge < -0.3 is 25.6 Å². The van der Waals surface area contributed by atoms with Crippen LogP contribution in [0.4, 0.5) is 0 Å². The molecule has 0 saturated carbocycles. The van der Waals surface area contributed by atoms with Crippen molar-refractivity contribution in [2.24, 2.45) is 23.5 Å². The van der Waals surface area contributed by atoms with E-state index in [1.165, 1.54) is 0 Å². The van der Waals surface area contributed by atoms with Gasteiger partial charge in [0.05, 0.1) is 19.1 Å². The number of carbonyl (C=O) groups is 3. The molecule has 0 unspecified atom stereocenters. The van der Waals surface area contributed by atoms with E-state index < -0.39 is 0 Å². The summed E-state index contributed by atoms with van der Waals surface area (Å²) in [6, 6.07) is 6.86. The molecule has 0 bridgehead atoms. The van der Waals surface area contributed by atoms with Gasteiger partial charge >= 0.3 is 0 Å². The van der Waals surface area contributed by atoms with Crippen molar-refractivity contribution in [1.82, 2.24) is 15.1 Å². The van der Waals surface area contributed by atoms with Crippen molar-refractivity contribution in [1.29, 1.82) is 0 Å². The first kappa shape index (κ1) is 28.0. The fourth-order valence-corrected chi connectivity index (χ4v) is 5.18. The zero-order valence-electron chi connectivity index (χ0n) is 22.4. The van der Waals surface area contributed by atoms with Crippen LogP contribution in [0.3, 0.4) is 0 Å². The zero-order chi connectivity index (χ0) is 26.2. The predicted molar refractivity (Wildman–Crippen MR) is 140 cm³/mol. The Morgan fingerprint density at radius 1 is 1.06 bits per heavy atom. The van der Waals surface area contributed by atoms with E-state index in [-0.39, 0.29) is 36.2 Å². The molecule has 2 saturated heterocycles. The fraction of sp³-hybridized carbons (Fsp3) is 0.679. The Balaban J connectivity index is 1.54. The number of primary amides is 1. The molecule has 8 heteroatoms. The number of carbonyl (C=O) groups excluding carboxylic acids is 3. The molecule has 8 nitrogen and oxygen atoms in total. The van der Waals surface area contributed by atoms with Gasteiger partial charge in [-0.25, -0.2) is 0 Å². The molecule has 0 spiro atoms. The normalized spacial score (nSPS) is 20.2. The van der Waals surface area contributed by atoms with Crippen LogP contribution in [0, 0.1) is 17.8 Å². The van der Waals surface area contributed by atoms with Crippen molar-refractivity contribution >= 4 is 17.7 Å². The lowest BCUT2D eigenvalue weighted by Gasteiger charge is -2.42. The lowest BCUT2D eigenvalue weighted by molar-refractivity contribution is -0.150. The van der Waals surface area contributed by atoms with Gasteiger partial charge in [0.2, 0.25) is 17.7 Å². The monoisotopic (exact) mass is 500 g/mol. The molecule has 2 aliphatic rings. The topological polar surface area (TPSA) is 105 Å². The highest BCUT2D eigenvalue weighted by molar-refractivity contribution is 5.90. The summed E-state index contributed by atoms with van der Waals surface area (Å²) in [6.07, 6.45) is 3.46. The smallest absolute Gasteiger partial charge is 0.245 e. The lowest BCUT2D eigenvalue weighted by Crippen LogP contribution is -2.62. The van der Waals surface area contributed by atoms with Gasteiger partial charge in [0, 0.05) is 26.2 Å². The molecule has 0 radical (unpaired) electrons. The van der Waals surface area contributed by atoms with Gasteiger partial charge in [0.1, 0.15) is 11.8 Å². The maximum atomic E-state index is 13.6. The highest BCUT2D eigenvalue weighted by atomic mass is 16.5. The number of piperazine rings is 1. The van der Waals surface area contributed by atoms with E-state index in [9.17, 15) is 14.4 Å². The van der Waals surface area contributed by atoms with Crippen LogP contribution >= 0.6 is 0 Å². The van der Waals surface area contributed by atoms with Gasteiger partial charge in [0.15, 0.2) is 0 Å². The molecule has 0 aliphatic carbocycles. The Kier molecular flexibility index (Phi) is 10.2. The summed E-state index contributed by atoms with van der Waals surface area (Å²) in [7, 11) is 0. The minimum absolute atomic E-state index is 0.0686. The number of piperidine rings is 1. The van der Waals surface area contributed by atoms with Crippen molar-refractivity contribution in [3.8, 4) is 5.75 Å². The molecule has 36 heavy (non-hydrogen) atoms. The molecule has 2 heterocycles. The van der Waals surface area contributed by atoms with Gasteiger partial charge in [-0.2, -0.15) is 0 Å². The molecule has 200 valence electrons. The van der Waals surface area contributed by atoms with E-state index >= 15 is 0 Å². The molecule has 3 amide bonds. The SMILES string of the molecule is CC(C)C[C@@H]1NCCN([C@@H](CC(C)C)C(=O)N2CCC(COc3ccc(CC(N)=O)cc3)CC2)C1=O. The van der Waals surface area contributed by atoms with Gasteiger partial charge in [-0.05, 0) is 61.1 Å². The van der Waals surface area contributed by atoms with Crippen molar-refractivity contribution in [3.05, 3.63) is 29.8 Å². The number of nitrogens with zero attached hydrogens (tertiary/aromatic N) is 2. The van der Waals surface area contributed by atoms with Gasteiger partial charge in [-0.3, -0.25) is 14.4 Å². The summed E-state index contributed by atoms with van der Waals surface area (Å²) in [5.41, 5.74) is 6.12. The first-order chi connectivity index (χ1) is 17.1. The van der Waals surface area contributed by atoms with E-state index in [4.69, 9.17) is 10.5 Å². The third kappa shape index (κ3) is 7.95. The summed E-state index contributed by atoms with van der Waals surface area (Å²) in [4.78, 5) is 41.8. The second kappa shape index (κ2) is 13.1. The summed E-state index contributed by atoms with van der Waals surface area (Å²) in [5, 5.41) is 3.35. The van der Waals surface area contributed by atoms with Crippen molar-refractivity contribution in [2.45, 2.75) is 71.9 Å². The average molecular weight is 501 g/mol. The molecule has 3 rings (SSSR count). The quantitative estimate of drug-likeness (QED) is 0.486. The van der Waals surface area contributed by atoms with E-state index in [0.717, 1.165) is 37.1 Å². The molecular weight excluding hydrogens is 456 g/mol. The minimum atomic E-state index is -0.388. The first-order valence-electron chi connectivity index (χ1n) is 13.5. The molecule has 3 N–H and O–H groups in total. The van der Waals surface area contributed by atoms with Gasteiger partial charge in [-0.15, -0.1) is 0 Å². The molecule has 1 aromatic carbocycles. The largest absolute Gasteiger partial charge is 0.493 e. The molecule has 2 fully saturated rings. The zero-order valence-corrected chi connectivity index (χ0v) is 22.4. The number of ether oxygens (including phenoxy) is 1. The Hall–Kier alpha value is -2.61. The van der Waals surface area contributed by atoms with Crippen LogP contribution in [0.5, 0.6) is 5.75 Å². The molecular formula is C28H44N4O4. The molecule has 2 aliphatic heterocycles. The number of hydrogen-bond donors (Lipinski definition) is 2. The number of likely N-dealkylation sites (tertiary alicyclic amines) is 1. The Morgan fingerprint density at radius 2 is 1.72 bits per heavy atom. The molecule has 0 aromatic heterocycles. The van der Waals surface area contributed by atoms with Crippen LogP contribution in [0.2, 0.25) is 0 Å². The van der Waals surface area contributed by atoms with Crippen molar-refractivity contribution in [2.75, 3.05) is 32.8 Å². The van der Waals surface area contributed by atoms with Crippen LogP contribution < -0.4 is 15.8 Å². The second-order valence-corrected chi connectivity index (χ2v) is 11.2. The van der Waals surface area contributed by atoms with E-state index in [1.807, 2.05) is 34.1 Å². The molecule has 1 aromatic rings. The maximum Gasteiger partial charge on any atom is 0.245 e. The Bertz CT molecular complexity index is 878. The maximum absolute atomic E-state index is 13.6. The third-order valence-corrected chi connectivity index (χ3v) is 7.10. The number of amides is 3. The number of nitrogens with two attached hydrogens (primary N) is 1. The molecule has 2 atom stereocenters. The number of nitrogens with one attached hydrogen (secondary N) is 1. The predicted octanol–water partition coefficient (Wildman–Crippen LogP) is 2.59. The number of rotatable bonds is 11.